The van der Waals surface area contributed by atoms with E-state index in [1.807, 2.05) is 36.2 Å². The molecule has 0 aromatic heterocycles. The Morgan fingerprint density at radius 1 is 1.18 bits per heavy atom. The molecule has 1 aromatic carbocycles. The molecule has 1 amide bonds. The van der Waals surface area contributed by atoms with E-state index in [1.54, 1.807) is 0 Å². The second kappa shape index (κ2) is 8.09. The first-order valence-corrected chi connectivity index (χ1v) is 10.2. The van der Waals surface area contributed by atoms with Crippen LogP contribution in [0.25, 0.3) is 0 Å². The molecular weight excluding hydrogens is 358 g/mol. The summed E-state index contributed by atoms with van der Waals surface area (Å²) in [6.45, 7) is 5.26. The summed E-state index contributed by atoms with van der Waals surface area (Å²) in [7, 11) is 1.82. The molecule has 152 valence electrons. The van der Waals surface area contributed by atoms with Gasteiger partial charge in [-0.15, -0.1) is 0 Å². The van der Waals surface area contributed by atoms with Crippen LogP contribution in [-0.4, -0.2) is 80.8 Å². The number of carbonyl (C=O) groups excluding carboxylic acids is 2. The lowest BCUT2D eigenvalue weighted by molar-refractivity contribution is -0.151. The number of morpholine rings is 1. The fourth-order valence-electron chi connectivity index (χ4n) is 4.61. The van der Waals surface area contributed by atoms with Gasteiger partial charge in [0.15, 0.2) is 0 Å². The fourth-order valence-corrected chi connectivity index (χ4v) is 4.61. The van der Waals surface area contributed by atoms with Crippen molar-refractivity contribution < 1.29 is 19.1 Å². The Morgan fingerprint density at radius 2 is 1.89 bits per heavy atom. The Balaban J connectivity index is 1.36. The van der Waals surface area contributed by atoms with Gasteiger partial charge >= 0.3 is 5.97 Å². The van der Waals surface area contributed by atoms with Crippen molar-refractivity contribution in [2.75, 3.05) is 58.3 Å². The Hall–Kier alpha value is -2.12. The average molecular weight is 387 g/mol. The largest absolute Gasteiger partial charge is 0.461 e. The number of esters is 1. The van der Waals surface area contributed by atoms with Gasteiger partial charge < -0.3 is 19.7 Å². The van der Waals surface area contributed by atoms with E-state index in [2.05, 4.69) is 10.2 Å². The molecule has 7 nitrogen and oxygen atoms in total. The quantitative estimate of drug-likeness (QED) is 0.792. The Morgan fingerprint density at radius 3 is 2.61 bits per heavy atom. The van der Waals surface area contributed by atoms with Crippen molar-refractivity contribution in [3.63, 3.8) is 0 Å². The molecular formula is C21H29N3O4. The van der Waals surface area contributed by atoms with Gasteiger partial charge in [0, 0.05) is 51.9 Å². The lowest BCUT2D eigenvalue weighted by atomic mass is 9.76. The zero-order valence-electron chi connectivity index (χ0n) is 16.5. The second-order valence-corrected chi connectivity index (χ2v) is 8.01. The second-order valence-electron chi connectivity index (χ2n) is 8.01. The van der Waals surface area contributed by atoms with Crippen molar-refractivity contribution in [2.45, 2.75) is 25.4 Å². The minimum atomic E-state index is -0.420. The van der Waals surface area contributed by atoms with Crippen molar-refractivity contribution in [2.24, 2.45) is 5.41 Å². The number of carbonyl (C=O) groups is 2. The molecule has 0 aliphatic carbocycles. The third-order valence-electron chi connectivity index (χ3n) is 6.33. The van der Waals surface area contributed by atoms with Crippen LogP contribution in [0.1, 0.15) is 29.6 Å². The number of nitrogens with one attached hydrogen (secondary N) is 1. The maximum atomic E-state index is 12.9. The van der Waals surface area contributed by atoms with Gasteiger partial charge in [0.2, 0.25) is 0 Å². The highest BCUT2D eigenvalue weighted by atomic mass is 16.6. The molecule has 0 radical (unpaired) electrons. The number of benzene rings is 1. The van der Waals surface area contributed by atoms with E-state index in [1.165, 1.54) is 0 Å². The lowest BCUT2D eigenvalue weighted by Gasteiger charge is -2.37. The topological polar surface area (TPSA) is 71.1 Å². The number of hydrogen-bond donors (Lipinski definition) is 1. The van der Waals surface area contributed by atoms with Gasteiger partial charge in [-0.3, -0.25) is 14.5 Å². The molecule has 1 unspecified atom stereocenters. The number of amides is 1. The Labute approximate surface area is 166 Å². The molecule has 7 heteroatoms. The molecule has 1 atom stereocenters. The summed E-state index contributed by atoms with van der Waals surface area (Å²) in [5.41, 5.74) is 1.09. The number of anilines is 1. The first-order chi connectivity index (χ1) is 13.6. The average Bonchev–Trinajstić information content (AvgIpc) is 3.03. The highest BCUT2D eigenvalue weighted by Crippen LogP contribution is 2.43. The van der Waals surface area contributed by atoms with Crippen molar-refractivity contribution in [3.8, 4) is 0 Å². The van der Waals surface area contributed by atoms with Gasteiger partial charge in [0.1, 0.15) is 6.10 Å². The summed E-state index contributed by atoms with van der Waals surface area (Å²) in [6.07, 6.45) is 2.08. The van der Waals surface area contributed by atoms with Gasteiger partial charge in [-0.05, 0) is 25.0 Å². The molecule has 0 bridgehead atoms. The predicted octanol–water partition coefficient (Wildman–Crippen LogP) is 1.60. The van der Waals surface area contributed by atoms with E-state index in [0.29, 0.717) is 31.5 Å². The summed E-state index contributed by atoms with van der Waals surface area (Å²) in [6, 6.07) is 7.55. The first kappa shape index (κ1) is 19.2. The summed E-state index contributed by atoms with van der Waals surface area (Å²) in [5.74, 6) is -0.0514. The molecule has 1 N–H and O–H groups in total. The van der Waals surface area contributed by atoms with E-state index >= 15 is 0 Å². The number of para-hydroxylation sites is 1. The smallest absolute Gasteiger partial charge is 0.312 e. The minimum Gasteiger partial charge on any atom is -0.461 e. The molecule has 3 fully saturated rings. The number of cyclic esters (lactones) is 1. The van der Waals surface area contributed by atoms with Crippen molar-refractivity contribution >= 4 is 17.6 Å². The minimum absolute atomic E-state index is 0.0241. The monoisotopic (exact) mass is 387 g/mol. The number of nitrogens with zero attached hydrogens (tertiary/aromatic N) is 2. The van der Waals surface area contributed by atoms with E-state index in [9.17, 15) is 9.59 Å². The number of piperidine rings is 1. The van der Waals surface area contributed by atoms with Crippen LogP contribution in [0.4, 0.5) is 5.69 Å². The number of rotatable bonds is 4. The SMILES string of the molecule is CNc1ccccc1C(=O)N1CCC2(CC1)CC(CN1CCOCC1)OC2=O. The predicted molar refractivity (Wildman–Crippen MR) is 105 cm³/mol. The lowest BCUT2D eigenvalue weighted by Crippen LogP contribution is -2.45. The molecule has 3 heterocycles. The Kier molecular flexibility index (Phi) is 5.55. The summed E-state index contributed by atoms with van der Waals surface area (Å²) in [4.78, 5) is 29.8. The third-order valence-corrected chi connectivity index (χ3v) is 6.33. The maximum Gasteiger partial charge on any atom is 0.312 e. The van der Waals surface area contributed by atoms with Gasteiger partial charge in [0.25, 0.3) is 5.91 Å². The summed E-state index contributed by atoms with van der Waals surface area (Å²) in [5, 5.41) is 3.08. The van der Waals surface area contributed by atoms with Gasteiger partial charge in [-0.1, -0.05) is 12.1 Å². The molecule has 3 aliphatic heterocycles. The fraction of sp³-hybridized carbons (Fsp3) is 0.619. The van der Waals surface area contributed by atoms with Crippen molar-refractivity contribution in [1.29, 1.82) is 0 Å². The zero-order valence-corrected chi connectivity index (χ0v) is 16.5. The number of likely N-dealkylation sites (tertiary alicyclic amines) is 1. The van der Waals surface area contributed by atoms with Gasteiger partial charge in [-0.2, -0.15) is 0 Å². The molecule has 0 saturated carbocycles. The van der Waals surface area contributed by atoms with Gasteiger partial charge in [-0.25, -0.2) is 0 Å². The van der Waals surface area contributed by atoms with Crippen molar-refractivity contribution in [1.82, 2.24) is 9.80 Å². The number of hydrogen-bond acceptors (Lipinski definition) is 6. The van der Waals surface area contributed by atoms with E-state index in [0.717, 1.165) is 45.0 Å². The maximum absolute atomic E-state index is 12.9. The van der Waals surface area contributed by atoms with Crippen LogP contribution in [-0.2, 0) is 14.3 Å². The van der Waals surface area contributed by atoms with Gasteiger partial charge in [0.05, 0.1) is 24.2 Å². The molecule has 3 saturated heterocycles. The van der Waals surface area contributed by atoms with E-state index in [-0.39, 0.29) is 18.0 Å². The molecule has 28 heavy (non-hydrogen) atoms. The highest BCUT2D eigenvalue weighted by Gasteiger charge is 2.51. The summed E-state index contributed by atoms with van der Waals surface area (Å²) >= 11 is 0. The number of ether oxygens (including phenoxy) is 2. The molecule has 3 aliphatic rings. The van der Waals surface area contributed by atoms with Crippen LogP contribution in [0.3, 0.4) is 0 Å². The molecule has 1 spiro atoms. The highest BCUT2D eigenvalue weighted by molar-refractivity contribution is 5.99. The summed E-state index contributed by atoms with van der Waals surface area (Å²) < 4.78 is 11.1. The van der Waals surface area contributed by atoms with Crippen LogP contribution < -0.4 is 5.32 Å². The van der Waals surface area contributed by atoms with Crippen LogP contribution in [0.15, 0.2) is 24.3 Å². The molecule has 1 aromatic rings. The van der Waals surface area contributed by atoms with Crippen molar-refractivity contribution in [3.05, 3.63) is 29.8 Å². The van der Waals surface area contributed by atoms with Crippen LogP contribution >= 0.6 is 0 Å². The normalized spacial score (nSPS) is 25.0. The first-order valence-electron chi connectivity index (χ1n) is 10.2. The standard InChI is InChI=1S/C21H29N3O4/c1-22-18-5-3-2-4-17(18)19(25)24-8-6-21(7-9-24)14-16(28-20(21)26)15-23-10-12-27-13-11-23/h2-5,16,22H,6-15H2,1H3. The Bertz CT molecular complexity index is 724. The van der Waals surface area contributed by atoms with Crippen LogP contribution in [0, 0.1) is 5.41 Å². The molecule has 4 rings (SSSR count). The van der Waals surface area contributed by atoms with E-state index in [4.69, 9.17) is 9.47 Å². The van der Waals surface area contributed by atoms with Crippen LogP contribution in [0.2, 0.25) is 0 Å². The van der Waals surface area contributed by atoms with E-state index < -0.39 is 5.41 Å². The zero-order chi connectivity index (χ0) is 19.6. The van der Waals surface area contributed by atoms with Crippen LogP contribution in [0.5, 0.6) is 0 Å². The third kappa shape index (κ3) is 3.73.